The zero-order valence-electron chi connectivity index (χ0n) is 12.0. The molecule has 6 heteroatoms. The van der Waals surface area contributed by atoms with Gasteiger partial charge in [0.1, 0.15) is 13.2 Å². The summed E-state index contributed by atoms with van der Waals surface area (Å²) in [6, 6.07) is 7.42. The molecule has 0 amide bonds. The van der Waals surface area contributed by atoms with Crippen LogP contribution >= 0.6 is 11.3 Å². The number of carbonyl (C=O) groups excluding carboxylic acids is 1. The van der Waals surface area contributed by atoms with Crippen molar-refractivity contribution in [3.05, 3.63) is 46.4 Å². The van der Waals surface area contributed by atoms with Crippen LogP contribution in [0.4, 0.5) is 0 Å². The Morgan fingerprint density at radius 3 is 3.05 bits per heavy atom. The average molecular weight is 317 g/mol. The second-order valence-corrected chi connectivity index (χ2v) is 5.81. The van der Waals surface area contributed by atoms with Crippen LogP contribution in [-0.2, 0) is 9.53 Å². The lowest BCUT2D eigenvalue weighted by Crippen LogP contribution is -2.34. The molecule has 114 valence electrons. The van der Waals surface area contributed by atoms with Crippen molar-refractivity contribution in [3.63, 3.8) is 0 Å². The third-order valence-corrected chi connectivity index (χ3v) is 3.80. The lowest BCUT2D eigenvalue weighted by Gasteiger charge is -2.25. The Balaban J connectivity index is 1.49. The van der Waals surface area contributed by atoms with E-state index in [4.69, 9.17) is 14.2 Å². The summed E-state index contributed by atoms with van der Waals surface area (Å²) in [5.74, 6) is 0.959. The van der Waals surface area contributed by atoms with Gasteiger partial charge in [-0.1, -0.05) is 12.1 Å². The van der Waals surface area contributed by atoms with E-state index in [1.807, 2.05) is 36.6 Å². The first-order valence-corrected chi connectivity index (χ1v) is 7.74. The average Bonchev–Trinajstić information content (AvgIpc) is 2.96. The molecule has 1 atom stereocenters. The first-order chi connectivity index (χ1) is 10.7. The molecule has 2 heterocycles. The molecule has 1 aliphatic heterocycles. The van der Waals surface area contributed by atoms with Crippen molar-refractivity contribution >= 4 is 23.4 Å². The molecule has 1 unspecified atom stereocenters. The van der Waals surface area contributed by atoms with Crippen molar-refractivity contribution in [2.75, 3.05) is 13.2 Å². The minimum Gasteiger partial charge on any atom is -0.486 e. The van der Waals surface area contributed by atoms with Gasteiger partial charge in [0.2, 0.25) is 0 Å². The van der Waals surface area contributed by atoms with Gasteiger partial charge in [-0.3, -0.25) is 0 Å². The summed E-state index contributed by atoms with van der Waals surface area (Å²) in [5.41, 5.74) is 0.755. The number of fused-ring (bicyclic) bond motifs is 1. The molecular formula is C16H15NO4S. The number of hydrogen-bond donors (Lipinski definition) is 0. The van der Waals surface area contributed by atoms with Gasteiger partial charge in [-0.25, -0.2) is 9.78 Å². The van der Waals surface area contributed by atoms with Crippen LogP contribution in [0.1, 0.15) is 10.7 Å². The Morgan fingerprint density at radius 1 is 1.45 bits per heavy atom. The van der Waals surface area contributed by atoms with Crippen LogP contribution in [0.3, 0.4) is 0 Å². The Morgan fingerprint density at radius 2 is 2.27 bits per heavy atom. The van der Waals surface area contributed by atoms with E-state index < -0.39 is 5.97 Å². The molecule has 0 saturated carbocycles. The summed E-state index contributed by atoms with van der Waals surface area (Å²) in [6.45, 7) is 2.42. The summed E-state index contributed by atoms with van der Waals surface area (Å²) in [5, 5.41) is 2.84. The summed E-state index contributed by atoms with van der Waals surface area (Å²) in [4.78, 5) is 15.9. The van der Waals surface area contributed by atoms with E-state index in [1.54, 1.807) is 6.08 Å². The van der Waals surface area contributed by atoms with Gasteiger partial charge in [0.05, 0.1) is 10.7 Å². The van der Waals surface area contributed by atoms with E-state index in [-0.39, 0.29) is 12.7 Å². The van der Waals surface area contributed by atoms with E-state index >= 15 is 0 Å². The molecule has 1 aromatic heterocycles. The minimum absolute atomic E-state index is 0.146. The number of ether oxygens (including phenoxy) is 3. The van der Waals surface area contributed by atoms with Crippen molar-refractivity contribution in [3.8, 4) is 11.5 Å². The van der Waals surface area contributed by atoms with Crippen molar-refractivity contribution in [2.45, 2.75) is 13.0 Å². The van der Waals surface area contributed by atoms with Crippen molar-refractivity contribution in [1.82, 2.24) is 4.98 Å². The van der Waals surface area contributed by atoms with Gasteiger partial charge in [0, 0.05) is 11.5 Å². The molecule has 3 rings (SSSR count). The smallest absolute Gasteiger partial charge is 0.330 e. The van der Waals surface area contributed by atoms with E-state index in [0.29, 0.717) is 18.1 Å². The zero-order chi connectivity index (χ0) is 15.4. The number of nitrogens with zero attached hydrogens (tertiary/aromatic N) is 1. The fraction of sp³-hybridized carbons (Fsp3) is 0.250. The van der Waals surface area contributed by atoms with Gasteiger partial charge in [0.25, 0.3) is 0 Å². The number of aromatic nitrogens is 1. The third-order valence-electron chi connectivity index (χ3n) is 3.01. The molecule has 0 spiro atoms. The fourth-order valence-electron chi connectivity index (χ4n) is 1.98. The fourth-order valence-corrected chi connectivity index (χ4v) is 2.56. The molecule has 0 aliphatic carbocycles. The summed E-state index contributed by atoms with van der Waals surface area (Å²) >= 11 is 1.53. The first kappa shape index (κ1) is 14.6. The highest BCUT2D eigenvalue weighted by Gasteiger charge is 2.21. The highest BCUT2D eigenvalue weighted by atomic mass is 32.1. The first-order valence-electron chi connectivity index (χ1n) is 6.86. The summed E-state index contributed by atoms with van der Waals surface area (Å²) in [6.07, 6.45) is 2.71. The van der Waals surface area contributed by atoms with Gasteiger partial charge in [-0.05, 0) is 25.1 Å². The van der Waals surface area contributed by atoms with Crippen LogP contribution in [0.15, 0.2) is 35.7 Å². The largest absolute Gasteiger partial charge is 0.486 e. The number of aryl methyl sites for hydroxylation is 1. The molecule has 2 aromatic rings. The minimum atomic E-state index is -0.423. The van der Waals surface area contributed by atoms with Crippen molar-refractivity contribution in [1.29, 1.82) is 0 Å². The normalized spacial score (nSPS) is 16.7. The highest BCUT2D eigenvalue weighted by molar-refractivity contribution is 7.09. The van der Waals surface area contributed by atoms with Crippen LogP contribution in [0, 0.1) is 6.92 Å². The standard InChI is InChI=1S/C16H15NO4S/c1-11-17-12(10-22-11)6-7-16(18)20-9-13-8-19-14-4-2-3-5-15(14)21-13/h2-7,10,13H,8-9H2,1H3/b7-6+. The Kier molecular flexibility index (Phi) is 4.39. The van der Waals surface area contributed by atoms with E-state index in [2.05, 4.69) is 4.98 Å². The zero-order valence-corrected chi connectivity index (χ0v) is 12.8. The summed E-state index contributed by atoms with van der Waals surface area (Å²) < 4.78 is 16.4. The SMILES string of the molecule is Cc1nc(/C=C/C(=O)OCC2COc3ccccc3O2)cs1. The number of hydrogen-bond acceptors (Lipinski definition) is 6. The van der Waals surface area contributed by atoms with Crippen molar-refractivity contribution in [2.24, 2.45) is 0 Å². The number of esters is 1. The molecule has 0 N–H and O–H groups in total. The third kappa shape index (κ3) is 3.65. The Labute approximate surface area is 132 Å². The highest BCUT2D eigenvalue weighted by Crippen LogP contribution is 2.30. The van der Waals surface area contributed by atoms with Crippen LogP contribution < -0.4 is 9.47 Å². The molecule has 1 aliphatic rings. The quantitative estimate of drug-likeness (QED) is 0.641. The maximum Gasteiger partial charge on any atom is 0.330 e. The van der Waals surface area contributed by atoms with E-state index in [1.165, 1.54) is 17.4 Å². The van der Waals surface area contributed by atoms with Crippen LogP contribution in [-0.4, -0.2) is 30.3 Å². The Bertz CT molecular complexity index is 695. The maximum atomic E-state index is 11.7. The maximum absolute atomic E-state index is 11.7. The Hall–Kier alpha value is -2.34. The van der Waals surface area contributed by atoms with Gasteiger partial charge in [0.15, 0.2) is 17.6 Å². The summed E-state index contributed by atoms with van der Waals surface area (Å²) in [7, 11) is 0. The lowest BCUT2D eigenvalue weighted by atomic mass is 10.3. The van der Waals surface area contributed by atoms with Crippen LogP contribution in [0.2, 0.25) is 0 Å². The predicted octanol–water partition coefficient (Wildman–Crippen LogP) is 2.85. The molecule has 1 aromatic carbocycles. The van der Waals surface area contributed by atoms with Gasteiger partial charge in [-0.2, -0.15) is 0 Å². The van der Waals surface area contributed by atoms with Crippen molar-refractivity contribution < 1.29 is 19.0 Å². The molecule has 5 nitrogen and oxygen atoms in total. The van der Waals surface area contributed by atoms with Gasteiger partial charge in [-0.15, -0.1) is 11.3 Å². The van der Waals surface area contributed by atoms with E-state index in [0.717, 1.165) is 10.7 Å². The number of rotatable bonds is 4. The molecule has 0 saturated heterocycles. The lowest BCUT2D eigenvalue weighted by molar-refractivity contribution is -0.140. The molecule has 22 heavy (non-hydrogen) atoms. The number of benzene rings is 1. The molecule has 0 radical (unpaired) electrons. The van der Waals surface area contributed by atoms with Gasteiger partial charge < -0.3 is 14.2 Å². The second kappa shape index (κ2) is 6.62. The number of carbonyl (C=O) groups is 1. The number of thiazole rings is 1. The molecule has 0 fully saturated rings. The predicted molar refractivity (Wildman–Crippen MR) is 83.2 cm³/mol. The van der Waals surface area contributed by atoms with Gasteiger partial charge >= 0.3 is 5.97 Å². The topological polar surface area (TPSA) is 57.7 Å². The number of para-hydroxylation sites is 2. The molecular weight excluding hydrogens is 302 g/mol. The van der Waals surface area contributed by atoms with E-state index in [9.17, 15) is 4.79 Å². The second-order valence-electron chi connectivity index (χ2n) is 4.75. The monoisotopic (exact) mass is 317 g/mol. The van der Waals surface area contributed by atoms with Crippen LogP contribution in [0.5, 0.6) is 11.5 Å². The molecule has 0 bridgehead atoms. The van der Waals surface area contributed by atoms with Crippen LogP contribution in [0.25, 0.3) is 6.08 Å².